The average molecular weight is 427 g/mol. The number of urea groups is 1. The molecule has 1 aromatic carbocycles. The second kappa shape index (κ2) is 8.62. The molecule has 0 spiro atoms. The Morgan fingerprint density at radius 1 is 1.20 bits per heavy atom. The van der Waals surface area contributed by atoms with E-state index < -0.39 is 0 Å². The number of fused-ring (bicyclic) bond motifs is 1. The smallest absolute Gasteiger partial charge is 0.333 e. The van der Waals surface area contributed by atoms with Crippen molar-refractivity contribution in [1.82, 2.24) is 19.3 Å². The summed E-state index contributed by atoms with van der Waals surface area (Å²) in [5, 5.41) is 15.8. The minimum Gasteiger partial charge on any atom is -0.504 e. The molecule has 0 bridgehead atoms. The summed E-state index contributed by atoms with van der Waals surface area (Å²) in [6.45, 7) is 0. The number of hydrogen-bond acceptors (Lipinski definition) is 8. The van der Waals surface area contributed by atoms with Gasteiger partial charge in [0.25, 0.3) is 0 Å². The Kier molecular flexibility index (Phi) is 5.75. The maximum Gasteiger partial charge on any atom is 0.333 e. The lowest BCUT2D eigenvalue weighted by Crippen LogP contribution is -2.34. The first kappa shape index (κ1) is 20.0. The van der Waals surface area contributed by atoms with E-state index in [1.165, 1.54) is 17.5 Å². The number of hydrogen-bond donors (Lipinski definition) is 4. The Hall–Kier alpha value is -3.27. The number of phenolic OH excluding ortho intramolecular Hbond substituents is 1. The number of phenols is 1. The number of ether oxygens (including phenoxy) is 1. The fraction of sp³-hybridized carbons (Fsp3) is 0.300. The lowest BCUT2D eigenvalue weighted by molar-refractivity contribution is 0.230. The van der Waals surface area contributed by atoms with Crippen LogP contribution in [-0.2, 0) is 0 Å². The molecule has 1 aliphatic rings. The Morgan fingerprint density at radius 2 is 1.97 bits per heavy atom. The summed E-state index contributed by atoms with van der Waals surface area (Å²) >= 11 is 4.34. The molecule has 2 heterocycles. The van der Waals surface area contributed by atoms with Gasteiger partial charge in [-0.25, -0.2) is 19.7 Å². The number of nitrogens with one attached hydrogen (secondary N) is 2. The highest BCUT2D eigenvalue weighted by Gasteiger charge is 2.24. The quantitative estimate of drug-likeness (QED) is 0.454. The third-order valence-electron chi connectivity index (χ3n) is 4.97. The van der Waals surface area contributed by atoms with Crippen molar-refractivity contribution in [2.75, 3.05) is 17.7 Å². The molecule has 10 heteroatoms. The number of aromatic nitrogens is 3. The van der Waals surface area contributed by atoms with Crippen LogP contribution in [0.5, 0.6) is 11.5 Å². The first-order chi connectivity index (χ1) is 14.5. The monoisotopic (exact) mass is 426 g/mol. The predicted molar refractivity (Wildman–Crippen MR) is 117 cm³/mol. The molecule has 0 saturated heterocycles. The zero-order valence-electron chi connectivity index (χ0n) is 16.4. The summed E-state index contributed by atoms with van der Waals surface area (Å²) < 4.78 is 6.49. The zero-order valence-corrected chi connectivity index (χ0v) is 17.3. The molecule has 1 fully saturated rings. The maximum absolute atomic E-state index is 12.4. The summed E-state index contributed by atoms with van der Waals surface area (Å²) in [4.78, 5) is 25.6. The fourth-order valence-corrected chi connectivity index (χ4v) is 3.71. The number of carbonyl (C=O) groups excluding carboxylic acids is 1. The molecule has 2 aromatic heterocycles. The number of benzene rings is 1. The van der Waals surface area contributed by atoms with E-state index in [-0.39, 0.29) is 17.8 Å². The van der Waals surface area contributed by atoms with Crippen molar-refractivity contribution < 1.29 is 14.6 Å². The van der Waals surface area contributed by atoms with Crippen LogP contribution >= 0.6 is 12.8 Å². The van der Waals surface area contributed by atoms with Gasteiger partial charge < -0.3 is 15.2 Å². The van der Waals surface area contributed by atoms with Crippen molar-refractivity contribution in [3.05, 3.63) is 36.5 Å². The van der Waals surface area contributed by atoms with Gasteiger partial charge in [0.15, 0.2) is 23.0 Å². The van der Waals surface area contributed by atoms with Crippen LogP contribution in [0.2, 0.25) is 0 Å². The summed E-state index contributed by atoms with van der Waals surface area (Å²) in [6.07, 6.45) is 5.72. The molecular weight excluding hydrogens is 404 g/mol. The van der Waals surface area contributed by atoms with Crippen LogP contribution in [0, 0.1) is 0 Å². The van der Waals surface area contributed by atoms with Gasteiger partial charge in [-0.1, -0.05) is 25.7 Å². The molecule has 1 aliphatic carbocycles. The minimum atomic E-state index is -0.312. The molecule has 4 rings (SSSR count). The van der Waals surface area contributed by atoms with Gasteiger partial charge in [-0.15, -0.1) is 0 Å². The van der Waals surface area contributed by atoms with Crippen LogP contribution in [0.1, 0.15) is 25.7 Å². The lowest BCUT2D eigenvalue weighted by atomic mass is 10.2. The number of carbonyl (C=O) groups is 1. The van der Waals surface area contributed by atoms with Crippen LogP contribution in [0.4, 0.5) is 22.1 Å². The molecule has 0 aliphatic heterocycles. The molecule has 3 aromatic rings. The van der Waals surface area contributed by atoms with E-state index in [4.69, 9.17) is 4.74 Å². The van der Waals surface area contributed by atoms with E-state index in [9.17, 15) is 9.90 Å². The van der Waals surface area contributed by atoms with Crippen molar-refractivity contribution in [3.63, 3.8) is 0 Å². The Balaban J connectivity index is 1.50. The molecule has 30 heavy (non-hydrogen) atoms. The number of nitrogens with zero attached hydrogens (tertiary/aromatic N) is 4. The molecule has 156 valence electrons. The van der Waals surface area contributed by atoms with Gasteiger partial charge in [0.2, 0.25) is 0 Å². The third-order valence-corrected chi connectivity index (χ3v) is 5.48. The summed E-state index contributed by atoms with van der Waals surface area (Å²) in [5.74, 6) is 1.21. The van der Waals surface area contributed by atoms with Gasteiger partial charge in [-0.3, -0.25) is 9.62 Å². The average Bonchev–Trinajstić information content (AvgIpc) is 3.28. The first-order valence-corrected chi connectivity index (χ1v) is 10.0. The number of amides is 2. The van der Waals surface area contributed by atoms with Gasteiger partial charge >= 0.3 is 6.03 Å². The van der Waals surface area contributed by atoms with Crippen molar-refractivity contribution in [3.8, 4) is 11.5 Å². The fourth-order valence-electron chi connectivity index (χ4n) is 3.42. The van der Waals surface area contributed by atoms with Crippen molar-refractivity contribution in [1.29, 1.82) is 0 Å². The number of anilines is 3. The second-order valence-corrected chi connectivity index (χ2v) is 7.45. The van der Waals surface area contributed by atoms with E-state index in [0.717, 1.165) is 25.7 Å². The number of pyridine rings is 1. The van der Waals surface area contributed by atoms with Crippen LogP contribution in [-0.4, -0.2) is 43.5 Å². The topological polar surface area (TPSA) is 112 Å². The highest BCUT2D eigenvalue weighted by atomic mass is 32.1. The highest BCUT2D eigenvalue weighted by molar-refractivity contribution is 7.78. The van der Waals surface area contributed by atoms with Gasteiger partial charge in [0, 0.05) is 17.8 Å². The van der Waals surface area contributed by atoms with Crippen molar-refractivity contribution in [2.45, 2.75) is 31.7 Å². The Morgan fingerprint density at radius 3 is 2.70 bits per heavy atom. The van der Waals surface area contributed by atoms with E-state index in [1.807, 2.05) is 0 Å². The molecule has 3 N–H and O–H groups in total. The van der Waals surface area contributed by atoms with Gasteiger partial charge in [0.1, 0.15) is 11.3 Å². The molecule has 0 unspecified atom stereocenters. The third kappa shape index (κ3) is 4.33. The summed E-state index contributed by atoms with van der Waals surface area (Å²) in [7, 11) is 1.49. The molecule has 2 amide bonds. The van der Waals surface area contributed by atoms with Crippen LogP contribution < -0.4 is 15.4 Å². The second-order valence-electron chi connectivity index (χ2n) is 7.02. The summed E-state index contributed by atoms with van der Waals surface area (Å²) in [5.41, 5.74) is 1.59. The number of thiol groups is 1. The van der Waals surface area contributed by atoms with Crippen LogP contribution in [0.3, 0.4) is 0 Å². The van der Waals surface area contributed by atoms with E-state index in [2.05, 4.69) is 38.4 Å². The molecule has 0 radical (unpaired) electrons. The predicted octanol–water partition coefficient (Wildman–Crippen LogP) is 4.10. The first-order valence-electron chi connectivity index (χ1n) is 9.60. The largest absolute Gasteiger partial charge is 0.504 e. The standard InChI is InChI=1S/C20H22N6O3S/c1-29-16-8-6-12(10-15(16)27)22-18-11-21-14-7-9-17(23-19(14)24-18)25-20(28)26(30)13-4-2-3-5-13/h6-11,13,27,30H,2-5H2,1H3,(H2,22,23,24,25,28). The molecule has 0 atom stereocenters. The normalized spacial score (nSPS) is 13.9. The maximum atomic E-state index is 12.4. The zero-order chi connectivity index (χ0) is 21.1. The van der Waals surface area contributed by atoms with E-state index >= 15 is 0 Å². The molecule has 1 saturated carbocycles. The lowest BCUT2D eigenvalue weighted by Gasteiger charge is -2.22. The Bertz CT molecular complexity index is 1070. The van der Waals surface area contributed by atoms with Gasteiger partial charge in [-0.2, -0.15) is 0 Å². The summed E-state index contributed by atoms with van der Waals surface area (Å²) in [6, 6.07) is 8.17. The van der Waals surface area contributed by atoms with Crippen molar-refractivity contribution in [2.24, 2.45) is 0 Å². The van der Waals surface area contributed by atoms with Crippen molar-refractivity contribution >= 4 is 47.3 Å². The van der Waals surface area contributed by atoms with Gasteiger partial charge in [-0.05, 0) is 37.1 Å². The number of methoxy groups -OCH3 is 1. The molecule has 9 nitrogen and oxygen atoms in total. The van der Waals surface area contributed by atoms with Crippen LogP contribution in [0.15, 0.2) is 36.5 Å². The van der Waals surface area contributed by atoms with Gasteiger partial charge in [0.05, 0.1) is 13.3 Å². The Labute approximate surface area is 179 Å². The minimum absolute atomic E-state index is 0.0120. The van der Waals surface area contributed by atoms with Crippen LogP contribution in [0.25, 0.3) is 11.2 Å². The van der Waals surface area contributed by atoms with E-state index in [1.54, 1.807) is 30.5 Å². The number of aromatic hydroxyl groups is 1. The van der Waals surface area contributed by atoms with E-state index in [0.29, 0.717) is 34.2 Å². The highest BCUT2D eigenvalue weighted by Crippen LogP contribution is 2.30. The SMILES string of the molecule is COc1ccc(Nc2cnc3ccc(NC(=O)N(S)C4CCCC4)nc3n2)cc1O. The number of rotatable bonds is 5. The molecular formula is C20H22N6O3S.